The Morgan fingerprint density at radius 3 is 2.36 bits per heavy atom. The highest BCUT2D eigenvalue weighted by Gasteiger charge is 2.51. The van der Waals surface area contributed by atoms with Gasteiger partial charge in [-0.05, 0) is 6.07 Å². The summed E-state index contributed by atoms with van der Waals surface area (Å²) in [6.45, 7) is 1.02. The van der Waals surface area contributed by atoms with Crippen molar-refractivity contribution in [2.45, 2.75) is 31.5 Å². The van der Waals surface area contributed by atoms with Crippen LogP contribution in [0, 0.1) is 11.7 Å². The Labute approximate surface area is 123 Å². The van der Waals surface area contributed by atoms with Gasteiger partial charge < -0.3 is 9.47 Å². The van der Waals surface area contributed by atoms with Gasteiger partial charge in [-0.15, -0.1) is 0 Å². The van der Waals surface area contributed by atoms with E-state index in [0.717, 1.165) is 13.2 Å². The minimum atomic E-state index is -4.55. The van der Waals surface area contributed by atoms with Gasteiger partial charge in [0.25, 0.3) is 6.43 Å². The summed E-state index contributed by atoms with van der Waals surface area (Å²) in [4.78, 5) is 0. The molecule has 0 spiro atoms. The molecule has 1 aliphatic rings. The Balaban J connectivity index is 2.44. The molecule has 0 aromatic heterocycles. The maximum atomic E-state index is 13.5. The molecule has 1 aliphatic heterocycles. The number of rotatable bonds is 3. The van der Waals surface area contributed by atoms with Crippen LogP contribution in [0.2, 0.25) is 0 Å². The number of ether oxygens (including phenoxy) is 2. The first-order valence-electron chi connectivity index (χ1n) is 6.51. The largest absolute Gasteiger partial charge is 0.496 e. The molecule has 1 aromatic rings. The van der Waals surface area contributed by atoms with E-state index in [9.17, 15) is 26.3 Å². The number of halogens is 6. The van der Waals surface area contributed by atoms with Crippen LogP contribution in [0.5, 0.6) is 5.75 Å². The van der Waals surface area contributed by atoms with Crippen molar-refractivity contribution in [2.75, 3.05) is 13.7 Å². The van der Waals surface area contributed by atoms with Crippen LogP contribution in [0.1, 0.15) is 30.4 Å². The predicted molar refractivity (Wildman–Crippen MR) is 65.6 cm³/mol. The van der Waals surface area contributed by atoms with Crippen LogP contribution in [0.15, 0.2) is 12.1 Å². The van der Waals surface area contributed by atoms with E-state index in [4.69, 9.17) is 9.47 Å². The Morgan fingerprint density at radius 2 is 1.91 bits per heavy atom. The third-order valence-corrected chi connectivity index (χ3v) is 3.89. The van der Waals surface area contributed by atoms with Crippen molar-refractivity contribution < 1.29 is 35.8 Å². The van der Waals surface area contributed by atoms with E-state index in [1.54, 1.807) is 0 Å². The number of benzene rings is 1. The minimum absolute atomic E-state index is 0.0958. The lowest BCUT2D eigenvalue weighted by Crippen LogP contribution is -2.33. The summed E-state index contributed by atoms with van der Waals surface area (Å²) in [6, 6.07) is 1.98. The van der Waals surface area contributed by atoms with Gasteiger partial charge in [0.1, 0.15) is 11.6 Å². The Hall–Kier alpha value is -1.44. The fourth-order valence-electron chi connectivity index (χ4n) is 2.80. The van der Waals surface area contributed by atoms with Gasteiger partial charge in [-0.25, -0.2) is 13.2 Å². The Kier molecular flexibility index (Phi) is 4.60. The molecule has 2 nitrogen and oxygen atoms in total. The third kappa shape index (κ3) is 2.88. The Bertz CT molecular complexity index is 543. The summed E-state index contributed by atoms with van der Waals surface area (Å²) < 4.78 is 87.6. The highest BCUT2D eigenvalue weighted by molar-refractivity contribution is 5.46. The molecular weight excluding hydrogens is 314 g/mol. The quantitative estimate of drug-likeness (QED) is 0.763. The minimum Gasteiger partial charge on any atom is -0.496 e. The maximum Gasteiger partial charge on any atom is 0.414 e. The molecule has 0 amide bonds. The number of hydrogen-bond donors (Lipinski definition) is 0. The highest BCUT2D eigenvalue weighted by Crippen LogP contribution is 2.46. The van der Waals surface area contributed by atoms with Crippen LogP contribution < -0.4 is 4.74 Å². The molecule has 1 saturated heterocycles. The predicted octanol–water partition coefficient (Wildman–Crippen LogP) is 4.45. The van der Waals surface area contributed by atoms with E-state index >= 15 is 0 Å². The van der Waals surface area contributed by atoms with Gasteiger partial charge in [-0.1, -0.05) is 13.0 Å². The topological polar surface area (TPSA) is 18.5 Å². The summed E-state index contributed by atoms with van der Waals surface area (Å²) in [6.07, 6.45) is -9.67. The first kappa shape index (κ1) is 16.9. The van der Waals surface area contributed by atoms with Gasteiger partial charge in [0, 0.05) is 17.4 Å². The van der Waals surface area contributed by atoms with Crippen LogP contribution in [-0.4, -0.2) is 26.0 Å². The highest BCUT2D eigenvalue weighted by atomic mass is 19.4. The molecule has 0 saturated carbocycles. The fraction of sp³-hybridized carbons (Fsp3) is 0.571. The fourth-order valence-corrected chi connectivity index (χ4v) is 2.80. The van der Waals surface area contributed by atoms with Gasteiger partial charge in [0.05, 0.1) is 19.3 Å². The van der Waals surface area contributed by atoms with Crippen molar-refractivity contribution in [3.8, 4) is 5.75 Å². The van der Waals surface area contributed by atoms with E-state index in [2.05, 4.69) is 0 Å². The van der Waals surface area contributed by atoms with Crippen LogP contribution in [0.4, 0.5) is 26.3 Å². The molecule has 2 rings (SSSR count). The molecule has 22 heavy (non-hydrogen) atoms. The van der Waals surface area contributed by atoms with Crippen molar-refractivity contribution in [3.63, 3.8) is 0 Å². The second-order valence-electron chi connectivity index (χ2n) is 5.15. The second kappa shape index (κ2) is 5.98. The van der Waals surface area contributed by atoms with Crippen molar-refractivity contribution in [1.82, 2.24) is 0 Å². The van der Waals surface area contributed by atoms with Crippen molar-refractivity contribution >= 4 is 0 Å². The summed E-state index contributed by atoms with van der Waals surface area (Å²) in [5, 5.41) is 0. The second-order valence-corrected chi connectivity index (χ2v) is 5.15. The SMILES string of the molecule is COc1c(C2COC(C(F)(F)F)C2C)ccc(F)c1C(F)F. The van der Waals surface area contributed by atoms with Gasteiger partial charge >= 0.3 is 6.18 Å². The lowest BCUT2D eigenvalue weighted by molar-refractivity contribution is -0.215. The first-order valence-corrected chi connectivity index (χ1v) is 6.51. The van der Waals surface area contributed by atoms with Crippen LogP contribution in [-0.2, 0) is 4.74 Å². The van der Waals surface area contributed by atoms with Crippen LogP contribution >= 0.6 is 0 Å². The molecule has 0 radical (unpaired) electrons. The zero-order valence-corrected chi connectivity index (χ0v) is 11.8. The lowest BCUT2D eigenvalue weighted by Gasteiger charge is -2.23. The van der Waals surface area contributed by atoms with Gasteiger partial charge in [0.15, 0.2) is 6.10 Å². The molecule has 0 aliphatic carbocycles. The molecule has 1 aromatic carbocycles. The van der Waals surface area contributed by atoms with Crippen molar-refractivity contribution in [2.24, 2.45) is 5.92 Å². The zero-order chi connectivity index (χ0) is 16.7. The zero-order valence-electron chi connectivity index (χ0n) is 11.8. The lowest BCUT2D eigenvalue weighted by atomic mass is 9.85. The van der Waals surface area contributed by atoms with E-state index < -0.39 is 47.7 Å². The van der Waals surface area contributed by atoms with Gasteiger partial charge in [0.2, 0.25) is 0 Å². The number of hydrogen-bond acceptors (Lipinski definition) is 2. The van der Waals surface area contributed by atoms with Crippen molar-refractivity contribution in [1.29, 1.82) is 0 Å². The number of methoxy groups -OCH3 is 1. The van der Waals surface area contributed by atoms with E-state index in [1.807, 2.05) is 0 Å². The molecule has 3 atom stereocenters. The van der Waals surface area contributed by atoms with E-state index in [1.165, 1.54) is 13.0 Å². The molecule has 3 unspecified atom stereocenters. The molecular formula is C14H14F6O2. The molecule has 0 N–H and O–H groups in total. The summed E-state index contributed by atoms with van der Waals surface area (Å²) in [5.41, 5.74) is -0.846. The average molecular weight is 328 g/mol. The summed E-state index contributed by atoms with van der Waals surface area (Å²) in [7, 11) is 1.08. The standard InChI is InChI=1S/C14H14F6O2/c1-6-8(5-22-12(6)14(18,19)20)7-3-4-9(15)10(13(16)17)11(7)21-2/h3-4,6,8,12-13H,5H2,1-2H3. The van der Waals surface area contributed by atoms with Crippen LogP contribution in [0.25, 0.3) is 0 Å². The summed E-state index contributed by atoms with van der Waals surface area (Å²) >= 11 is 0. The van der Waals surface area contributed by atoms with Crippen LogP contribution in [0.3, 0.4) is 0 Å². The van der Waals surface area contributed by atoms with E-state index in [-0.39, 0.29) is 12.2 Å². The molecule has 8 heteroatoms. The summed E-state index contributed by atoms with van der Waals surface area (Å²) in [5.74, 6) is -3.38. The maximum absolute atomic E-state index is 13.5. The number of alkyl halides is 5. The average Bonchev–Trinajstić information content (AvgIpc) is 2.79. The first-order chi connectivity index (χ1) is 10.2. The Morgan fingerprint density at radius 1 is 1.27 bits per heavy atom. The van der Waals surface area contributed by atoms with Gasteiger partial charge in [-0.3, -0.25) is 0 Å². The molecule has 0 bridgehead atoms. The van der Waals surface area contributed by atoms with Crippen molar-refractivity contribution in [3.05, 3.63) is 29.1 Å². The van der Waals surface area contributed by atoms with E-state index in [0.29, 0.717) is 0 Å². The van der Waals surface area contributed by atoms with Gasteiger partial charge in [-0.2, -0.15) is 13.2 Å². The molecule has 124 valence electrons. The normalized spacial score (nSPS) is 25.8. The smallest absolute Gasteiger partial charge is 0.414 e. The third-order valence-electron chi connectivity index (χ3n) is 3.89. The monoisotopic (exact) mass is 328 g/mol. The molecule has 1 fully saturated rings. The molecule has 1 heterocycles.